The molecule has 0 saturated carbocycles. The van der Waals surface area contributed by atoms with Gasteiger partial charge < -0.3 is 14.5 Å². The molecule has 21 heavy (non-hydrogen) atoms. The van der Waals surface area contributed by atoms with Gasteiger partial charge in [0, 0.05) is 19.1 Å². The van der Waals surface area contributed by atoms with E-state index in [-0.39, 0.29) is 5.91 Å². The Morgan fingerprint density at radius 3 is 2.24 bits per heavy atom. The third-order valence-electron chi connectivity index (χ3n) is 4.18. The second-order valence-corrected chi connectivity index (χ2v) is 7.30. The third-order valence-corrected chi connectivity index (χ3v) is 4.18. The van der Waals surface area contributed by atoms with Crippen molar-refractivity contribution >= 4 is 11.9 Å². The topological polar surface area (TPSA) is 49.9 Å². The molecule has 1 saturated heterocycles. The van der Waals surface area contributed by atoms with Gasteiger partial charge in [0.05, 0.1) is 6.61 Å². The Balaban J connectivity index is 2.90. The Kier molecular flexibility index (Phi) is 5.79. The van der Waals surface area contributed by atoms with E-state index in [9.17, 15) is 9.59 Å². The Morgan fingerprint density at radius 2 is 1.86 bits per heavy atom. The van der Waals surface area contributed by atoms with E-state index in [4.69, 9.17) is 4.74 Å². The first kappa shape index (κ1) is 18.0. The maximum absolute atomic E-state index is 12.8. The van der Waals surface area contributed by atoms with Crippen LogP contribution in [0.2, 0.25) is 0 Å². The molecule has 3 atom stereocenters. The number of amides is 1. The van der Waals surface area contributed by atoms with Crippen molar-refractivity contribution in [2.24, 2.45) is 17.3 Å². The molecular weight excluding hydrogens is 268 g/mol. The standard InChI is InChI=1S/C16H30N2O3/c1-8-21-15(20)13(16(3,4)5)14(19)18-9-11(2)12(10-18)17(6)7/h11-13H,8-10H2,1-7H3. The molecule has 0 aromatic carbocycles. The van der Waals surface area contributed by atoms with E-state index in [1.165, 1.54) is 0 Å². The number of likely N-dealkylation sites (tertiary alicyclic amines) is 1. The number of likely N-dealkylation sites (N-methyl/N-ethyl adjacent to an activating group) is 1. The van der Waals surface area contributed by atoms with Crippen LogP contribution in [0.15, 0.2) is 0 Å². The highest BCUT2D eigenvalue weighted by atomic mass is 16.5. The minimum atomic E-state index is -0.731. The molecule has 1 heterocycles. The Hall–Kier alpha value is -1.10. The largest absolute Gasteiger partial charge is 0.465 e. The second kappa shape index (κ2) is 6.77. The van der Waals surface area contributed by atoms with E-state index in [0.717, 1.165) is 0 Å². The Bertz CT molecular complexity index is 387. The maximum atomic E-state index is 12.8. The fraction of sp³-hybridized carbons (Fsp3) is 0.875. The molecule has 0 aromatic rings. The average molecular weight is 298 g/mol. The molecule has 1 aliphatic heterocycles. The highest BCUT2D eigenvalue weighted by Crippen LogP contribution is 2.31. The molecule has 122 valence electrons. The van der Waals surface area contributed by atoms with Gasteiger partial charge in [-0.2, -0.15) is 0 Å². The van der Waals surface area contributed by atoms with E-state index in [0.29, 0.717) is 31.7 Å². The molecule has 3 unspecified atom stereocenters. The summed E-state index contributed by atoms with van der Waals surface area (Å²) in [4.78, 5) is 29.0. The van der Waals surface area contributed by atoms with E-state index in [1.54, 1.807) is 6.92 Å². The molecule has 0 aromatic heterocycles. The van der Waals surface area contributed by atoms with Crippen LogP contribution in [0, 0.1) is 17.3 Å². The molecule has 1 rings (SSSR count). The lowest BCUT2D eigenvalue weighted by Crippen LogP contribution is -2.46. The molecule has 1 aliphatic rings. The number of ether oxygens (including phenoxy) is 1. The number of carbonyl (C=O) groups excluding carboxylic acids is 2. The first-order chi connectivity index (χ1) is 9.59. The van der Waals surface area contributed by atoms with Crippen LogP contribution in [0.1, 0.15) is 34.6 Å². The van der Waals surface area contributed by atoms with Gasteiger partial charge in [-0.25, -0.2) is 0 Å². The summed E-state index contributed by atoms with van der Waals surface area (Å²) in [5.41, 5.74) is -0.442. The van der Waals surface area contributed by atoms with Crippen molar-refractivity contribution in [1.29, 1.82) is 0 Å². The number of esters is 1. The average Bonchev–Trinajstić information content (AvgIpc) is 2.70. The first-order valence-corrected chi connectivity index (χ1v) is 7.71. The predicted octanol–water partition coefficient (Wildman–Crippen LogP) is 1.62. The smallest absolute Gasteiger partial charge is 0.319 e. The van der Waals surface area contributed by atoms with Crippen molar-refractivity contribution in [2.75, 3.05) is 33.8 Å². The van der Waals surface area contributed by atoms with Crippen molar-refractivity contribution in [3.05, 3.63) is 0 Å². The summed E-state index contributed by atoms with van der Waals surface area (Å²) >= 11 is 0. The third kappa shape index (κ3) is 4.19. The quantitative estimate of drug-likeness (QED) is 0.584. The van der Waals surface area contributed by atoms with Crippen LogP contribution in [0.5, 0.6) is 0 Å². The molecular formula is C16H30N2O3. The lowest BCUT2D eigenvalue weighted by atomic mass is 9.80. The fourth-order valence-electron chi connectivity index (χ4n) is 3.03. The fourth-order valence-corrected chi connectivity index (χ4v) is 3.03. The highest BCUT2D eigenvalue weighted by molar-refractivity contribution is 5.98. The molecule has 0 aliphatic carbocycles. The minimum absolute atomic E-state index is 0.0999. The van der Waals surface area contributed by atoms with Gasteiger partial charge in [0.2, 0.25) is 5.91 Å². The number of carbonyl (C=O) groups is 2. The SMILES string of the molecule is CCOC(=O)C(C(=O)N1CC(C)C(N(C)C)C1)C(C)(C)C. The maximum Gasteiger partial charge on any atom is 0.319 e. The van der Waals surface area contributed by atoms with E-state index >= 15 is 0 Å². The van der Waals surface area contributed by atoms with Crippen molar-refractivity contribution in [3.63, 3.8) is 0 Å². The summed E-state index contributed by atoms with van der Waals surface area (Å²) < 4.78 is 5.12. The molecule has 0 N–H and O–H groups in total. The number of hydrogen-bond acceptors (Lipinski definition) is 4. The number of rotatable bonds is 4. The molecule has 0 spiro atoms. The van der Waals surface area contributed by atoms with Crippen molar-refractivity contribution in [3.8, 4) is 0 Å². The minimum Gasteiger partial charge on any atom is -0.465 e. The summed E-state index contributed by atoms with van der Waals surface area (Å²) in [6, 6.07) is 0.344. The van der Waals surface area contributed by atoms with Gasteiger partial charge in [-0.15, -0.1) is 0 Å². The molecule has 5 heteroatoms. The van der Waals surface area contributed by atoms with Crippen LogP contribution in [0.3, 0.4) is 0 Å². The highest BCUT2D eigenvalue weighted by Gasteiger charge is 2.44. The Morgan fingerprint density at radius 1 is 1.29 bits per heavy atom. The summed E-state index contributed by atoms with van der Waals surface area (Å²) in [6.07, 6.45) is 0. The summed E-state index contributed by atoms with van der Waals surface area (Å²) in [7, 11) is 4.06. The number of hydrogen-bond donors (Lipinski definition) is 0. The zero-order valence-electron chi connectivity index (χ0n) is 14.5. The predicted molar refractivity (Wildman–Crippen MR) is 82.8 cm³/mol. The van der Waals surface area contributed by atoms with Gasteiger partial charge in [-0.05, 0) is 32.4 Å². The van der Waals surface area contributed by atoms with Gasteiger partial charge in [0.25, 0.3) is 0 Å². The second-order valence-electron chi connectivity index (χ2n) is 7.30. The van der Waals surface area contributed by atoms with E-state index in [1.807, 2.05) is 39.8 Å². The van der Waals surface area contributed by atoms with Gasteiger partial charge in [-0.3, -0.25) is 9.59 Å². The number of nitrogens with zero attached hydrogens (tertiary/aromatic N) is 2. The molecule has 5 nitrogen and oxygen atoms in total. The summed E-state index contributed by atoms with van der Waals surface area (Å²) in [6.45, 7) is 11.3. The van der Waals surface area contributed by atoms with Crippen LogP contribution < -0.4 is 0 Å². The van der Waals surface area contributed by atoms with E-state index in [2.05, 4.69) is 11.8 Å². The van der Waals surface area contributed by atoms with Crippen LogP contribution in [0.25, 0.3) is 0 Å². The van der Waals surface area contributed by atoms with Crippen molar-refractivity contribution in [1.82, 2.24) is 9.80 Å². The molecule has 0 bridgehead atoms. The lowest BCUT2D eigenvalue weighted by molar-refractivity contribution is -0.160. The van der Waals surface area contributed by atoms with Gasteiger partial charge >= 0.3 is 5.97 Å². The van der Waals surface area contributed by atoms with Crippen molar-refractivity contribution < 1.29 is 14.3 Å². The zero-order valence-corrected chi connectivity index (χ0v) is 14.5. The lowest BCUT2D eigenvalue weighted by Gasteiger charge is -2.31. The normalized spacial score (nSPS) is 24.3. The van der Waals surface area contributed by atoms with Crippen LogP contribution in [-0.4, -0.2) is 61.5 Å². The summed E-state index contributed by atoms with van der Waals surface area (Å²) in [5.74, 6) is -0.828. The molecule has 1 amide bonds. The van der Waals surface area contributed by atoms with Gasteiger partial charge in [-0.1, -0.05) is 27.7 Å². The van der Waals surface area contributed by atoms with Gasteiger partial charge in [0.1, 0.15) is 5.92 Å². The monoisotopic (exact) mass is 298 g/mol. The molecule has 1 fully saturated rings. The van der Waals surface area contributed by atoms with Gasteiger partial charge in [0.15, 0.2) is 0 Å². The van der Waals surface area contributed by atoms with Crippen LogP contribution >= 0.6 is 0 Å². The zero-order chi connectivity index (χ0) is 16.4. The van der Waals surface area contributed by atoms with Crippen LogP contribution in [0.4, 0.5) is 0 Å². The summed E-state index contributed by atoms with van der Waals surface area (Å²) in [5, 5.41) is 0. The van der Waals surface area contributed by atoms with Crippen LogP contribution in [-0.2, 0) is 14.3 Å². The molecule has 0 radical (unpaired) electrons. The van der Waals surface area contributed by atoms with E-state index < -0.39 is 17.3 Å². The Labute approximate surface area is 128 Å². The van der Waals surface area contributed by atoms with Crippen molar-refractivity contribution in [2.45, 2.75) is 40.7 Å². The first-order valence-electron chi connectivity index (χ1n) is 7.71.